The van der Waals surface area contributed by atoms with Crippen LogP contribution in [-0.2, 0) is 19.1 Å². The molecular weight excluding hydrogens is 480 g/mol. The van der Waals surface area contributed by atoms with Crippen molar-refractivity contribution in [2.45, 2.75) is 40.0 Å². The molecule has 2 aliphatic carbocycles. The summed E-state index contributed by atoms with van der Waals surface area (Å²) in [6.07, 6.45) is 3.04. The van der Waals surface area contributed by atoms with Gasteiger partial charge in [-0.1, -0.05) is 51.1 Å². The van der Waals surface area contributed by atoms with E-state index in [-0.39, 0.29) is 36.0 Å². The number of hydrogen-bond acceptors (Lipinski definition) is 6. The van der Waals surface area contributed by atoms with Gasteiger partial charge >= 0.3 is 5.97 Å². The minimum atomic E-state index is -0.616. The van der Waals surface area contributed by atoms with Gasteiger partial charge in [-0.15, -0.1) is 0 Å². The average Bonchev–Trinajstić information content (AvgIpc) is 3.59. The number of anilines is 1. The van der Waals surface area contributed by atoms with Gasteiger partial charge in [0, 0.05) is 16.4 Å². The van der Waals surface area contributed by atoms with Gasteiger partial charge in [0.25, 0.3) is 0 Å². The second-order valence-corrected chi connectivity index (χ2v) is 11.8. The first kappa shape index (κ1) is 24.5. The number of Topliss-reactive ketones (excluding diaryl/α,β-unsaturated/α-hetero) is 1. The predicted octanol–water partition coefficient (Wildman–Crippen LogP) is 5.21. The smallest absolute Gasteiger partial charge is 0.339 e. The third-order valence-electron chi connectivity index (χ3n) is 8.43. The molecule has 2 heterocycles. The largest absolute Gasteiger partial charge is 0.454 e. The highest BCUT2D eigenvalue weighted by Crippen LogP contribution is 2.56. The maximum Gasteiger partial charge on any atom is 0.339 e. The zero-order valence-electron chi connectivity index (χ0n) is 21.8. The molecule has 7 heteroatoms. The first-order valence-corrected chi connectivity index (χ1v) is 13.2. The molecule has 1 saturated heterocycles. The van der Waals surface area contributed by atoms with E-state index in [9.17, 15) is 19.2 Å². The Hall–Kier alpha value is -3.87. The lowest BCUT2D eigenvalue weighted by atomic mass is 9.81. The molecule has 1 aromatic heterocycles. The van der Waals surface area contributed by atoms with Gasteiger partial charge in [0.05, 0.1) is 34.3 Å². The first-order chi connectivity index (χ1) is 18.1. The first-order valence-electron chi connectivity index (χ1n) is 13.2. The third kappa shape index (κ3) is 3.92. The summed E-state index contributed by atoms with van der Waals surface area (Å²) in [5.41, 5.74) is 2.00. The monoisotopic (exact) mass is 510 g/mol. The Morgan fingerprint density at radius 1 is 0.947 bits per heavy atom. The highest BCUT2D eigenvalue weighted by molar-refractivity contribution is 6.22. The fourth-order valence-corrected chi connectivity index (χ4v) is 6.39. The Morgan fingerprint density at radius 3 is 2.32 bits per heavy atom. The normalized spacial score (nSPS) is 24.2. The quantitative estimate of drug-likeness (QED) is 0.346. The molecule has 38 heavy (non-hydrogen) atoms. The molecule has 1 aliphatic heterocycles. The average molecular weight is 511 g/mol. The molecule has 2 amide bonds. The van der Waals surface area contributed by atoms with Crippen LogP contribution < -0.4 is 4.90 Å². The molecule has 2 saturated carbocycles. The number of aromatic nitrogens is 1. The number of nitrogens with zero attached hydrogens (tertiary/aromatic N) is 2. The highest BCUT2D eigenvalue weighted by atomic mass is 16.5. The van der Waals surface area contributed by atoms with E-state index >= 15 is 0 Å². The number of pyridine rings is 1. The molecule has 6 rings (SSSR count). The molecule has 194 valence electrons. The Bertz CT molecular complexity index is 1480. The summed E-state index contributed by atoms with van der Waals surface area (Å²) in [5.74, 6) is -0.720. The number of benzene rings is 2. The Morgan fingerprint density at radius 2 is 1.63 bits per heavy atom. The molecule has 2 bridgehead atoms. The molecule has 3 aliphatic rings. The number of hydrogen-bond donors (Lipinski definition) is 0. The summed E-state index contributed by atoms with van der Waals surface area (Å²) in [7, 11) is 0. The van der Waals surface area contributed by atoms with Crippen LogP contribution in [0.15, 0.2) is 54.6 Å². The lowest BCUT2D eigenvalue weighted by Gasteiger charge is -2.19. The van der Waals surface area contributed by atoms with Crippen LogP contribution >= 0.6 is 0 Å². The molecule has 3 aromatic rings. The van der Waals surface area contributed by atoms with E-state index in [0.29, 0.717) is 45.2 Å². The molecular formula is C31H30N2O5. The molecule has 0 spiro atoms. The van der Waals surface area contributed by atoms with Crippen molar-refractivity contribution in [1.29, 1.82) is 0 Å². The minimum absolute atomic E-state index is 0.0939. The van der Waals surface area contributed by atoms with Crippen LogP contribution in [0.1, 0.15) is 50.4 Å². The molecule has 0 N–H and O–H groups in total. The van der Waals surface area contributed by atoms with Crippen molar-refractivity contribution >= 4 is 40.2 Å². The number of carbonyl (C=O) groups excluding carboxylic acids is 4. The van der Waals surface area contributed by atoms with Gasteiger partial charge in [0.15, 0.2) is 12.4 Å². The number of imide groups is 1. The molecule has 0 radical (unpaired) electrons. The summed E-state index contributed by atoms with van der Waals surface area (Å²) in [6, 6.07) is 16.1. The standard InChI is InChI=1S/C31H30N2O5/c1-31(2,3)25(34)16-38-30(37)22-15-24(32-23-10-5-4-9-21(22)23)17-7-6-8-20(14-17)33-28(35)26-18-11-12-19(13-18)27(26)29(33)36/h4-10,14-15,18-19,26-27H,11-13,16H2,1-3H3/t18-,19-,26+,27+/m0/s1. The van der Waals surface area contributed by atoms with Crippen LogP contribution in [0.3, 0.4) is 0 Å². The molecule has 3 fully saturated rings. The number of ether oxygens (including phenoxy) is 1. The maximum atomic E-state index is 13.4. The molecule has 7 nitrogen and oxygen atoms in total. The van der Waals surface area contributed by atoms with E-state index in [1.165, 1.54) is 4.90 Å². The molecule has 4 atom stereocenters. The Labute approximate surface area is 221 Å². The van der Waals surface area contributed by atoms with E-state index in [1.54, 1.807) is 51.1 Å². The number of amides is 2. The fraction of sp³-hybridized carbons (Fsp3) is 0.387. The van der Waals surface area contributed by atoms with Gasteiger partial charge in [-0.3, -0.25) is 19.3 Å². The topological polar surface area (TPSA) is 93.6 Å². The lowest BCUT2D eigenvalue weighted by molar-refractivity contribution is -0.129. The van der Waals surface area contributed by atoms with Crippen molar-refractivity contribution in [2.75, 3.05) is 11.5 Å². The van der Waals surface area contributed by atoms with E-state index < -0.39 is 11.4 Å². The summed E-state index contributed by atoms with van der Waals surface area (Å²) in [4.78, 5) is 58.3. The summed E-state index contributed by atoms with van der Waals surface area (Å²) < 4.78 is 5.40. The van der Waals surface area contributed by atoms with Gasteiger partial charge < -0.3 is 4.74 Å². The third-order valence-corrected chi connectivity index (χ3v) is 8.43. The van der Waals surface area contributed by atoms with E-state index in [0.717, 1.165) is 19.3 Å². The van der Waals surface area contributed by atoms with E-state index in [1.807, 2.05) is 24.3 Å². The molecule has 2 aromatic carbocycles. The minimum Gasteiger partial charge on any atom is -0.454 e. The Kier molecular flexibility index (Phi) is 5.70. The lowest BCUT2D eigenvalue weighted by Crippen LogP contribution is -2.32. The number of ketones is 1. The van der Waals surface area contributed by atoms with Gasteiger partial charge in [0.2, 0.25) is 11.8 Å². The van der Waals surface area contributed by atoms with Gasteiger partial charge in [-0.25, -0.2) is 9.78 Å². The van der Waals surface area contributed by atoms with Crippen molar-refractivity contribution in [1.82, 2.24) is 4.98 Å². The van der Waals surface area contributed by atoms with Crippen molar-refractivity contribution in [3.8, 4) is 11.3 Å². The number of carbonyl (C=O) groups is 4. The van der Waals surface area contributed by atoms with Crippen molar-refractivity contribution in [3.63, 3.8) is 0 Å². The van der Waals surface area contributed by atoms with Gasteiger partial charge in [0.1, 0.15) is 0 Å². The van der Waals surface area contributed by atoms with Gasteiger partial charge in [-0.05, 0) is 55.4 Å². The fourth-order valence-electron chi connectivity index (χ4n) is 6.39. The van der Waals surface area contributed by atoms with E-state index in [2.05, 4.69) is 0 Å². The van der Waals surface area contributed by atoms with Crippen molar-refractivity contribution in [2.24, 2.45) is 29.1 Å². The van der Waals surface area contributed by atoms with Gasteiger partial charge in [-0.2, -0.15) is 0 Å². The van der Waals surface area contributed by atoms with E-state index in [4.69, 9.17) is 9.72 Å². The van der Waals surface area contributed by atoms with Crippen LogP contribution in [-0.4, -0.2) is 35.2 Å². The number of rotatable bonds is 5. The van der Waals surface area contributed by atoms with Crippen molar-refractivity contribution < 1.29 is 23.9 Å². The van der Waals surface area contributed by atoms with Crippen molar-refractivity contribution in [3.05, 3.63) is 60.2 Å². The maximum absolute atomic E-state index is 13.4. The SMILES string of the molecule is CC(C)(C)C(=O)COC(=O)c1cc(-c2cccc(N3C(=O)[C@@H]4[C@H]5CC[C@@H](C5)[C@H]4C3=O)c2)nc2ccccc12. The number of fused-ring (bicyclic) bond motifs is 6. The zero-order valence-corrected chi connectivity index (χ0v) is 21.8. The molecule has 0 unspecified atom stereocenters. The van der Waals surface area contributed by atoms with Crippen LogP contribution in [0.4, 0.5) is 5.69 Å². The van der Waals surface area contributed by atoms with Crippen LogP contribution in [0.5, 0.6) is 0 Å². The van der Waals surface area contributed by atoms with Crippen LogP contribution in [0, 0.1) is 29.1 Å². The second-order valence-electron chi connectivity index (χ2n) is 11.8. The zero-order chi connectivity index (χ0) is 26.8. The summed E-state index contributed by atoms with van der Waals surface area (Å²) in [6.45, 7) is 5.03. The second kappa shape index (κ2) is 8.86. The van der Waals surface area contributed by atoms with Crippen LogP contribution in [0.25, 0.3) is 22.2 Å². The Balaban J connectivity index is 1.34. The number of esters is 1. The summed E-state index contributed by atoms with van der Waals surface area (Å²) in [5, 5.41) is 0.619. The van der Waals surface area contributed by atoms with Crippen LogP contribution in [0.2, 0.25) is 0 Å². The summed E-state index contributed by atoms with van der Waals surface area (Å²) >= 11 is 0. The highest BCUT2D eigenvalue weighted by Gasteiger charge is 2.61. The predicted molar refractivity (Wildman–Crippen MR) is 142 cm³/mol. The number of para-hydroxylation sites is 1.